The van der Waals surface area contributed by atoms with Crippen LogP contribution >= 0.6 is 11.3 Å². The lowest BCUT2D eigenvalue weighted by molar-refractivity contribution is 0.101. The van der Waals surface area contributed by atoms with Crippen molar-refractivity contribution in [2.45, 2.75) is 44.1 Å². The molecule has 1 aliphatic carbocycles. The fraction of sp³-hybridized carbons (Fsp3) is 0.269. The van der Waals surface area contributed by atoms with E-state index in [0.717, 1.165) is 36.1 Å². The van der Waals surface area contributed by atoms with Gasteiger partial charge in [-0.05, 0) is 61.1 Å². The van der Waals surface area contributed by atoms with E-state index in [9.17, 15) is 22.7 Å². The van der Waals surface area contributed by atoms with Crippen LogP contribution in [0.5, 0.6) is 0 Å². The molecule has 37 heavy (non-hydrogen) atoms. The molecular formula is C26H25FN4O4S2. The van der Waals surface area contributed by atoms with Crippen LogP contribution in [0.3, 0.4) is 0 Å². The van der Waals surface area contributed by atoms with E-state index in [1.54, 1.807) is 34.3 Å². The molecule has 0 radical (unpaired) electrons. The van der Waals surface area contributed by atoms with Gasteiger partial charge < -0.3 is 5.11 Å². The van der Waals surface area contributed by atoms with E-state index in [1.807, 2.05) is 0 Å². The van der Waals surface area contributed by atoms with Crippen LogP contribution in [0.2, 0.25) is 0 Å². The Balaban J connectivity index is 1.68. The molecule has 5 rings (SSSR count). The van der Waals surface area contributed by atoms with Gasteiger partial charge in [-0.1, -0.05) is 12.1 Å². The minimum atomic E-state index is -3.82. The second-order valence-corrected chi connectivity index (χ2v) is 11.6. The Bertz CT molecular complexity index is 1590. The zero-order chi connectivity index (χ0) is 26.3. The Morgan fingerprint density at radius 2 is 1.95 bits per heavy atom. The van der Waals surface area contributed by atoms with E-state index in [1.165, 1.54) is 36.5 Å². The van der Waals surface area contributed by atoms with Crippen LogP contribution in [-0.2, 0) is 29.5 Å². The monoisotopic (exact) mass is 540 g/mol. The first kappa shape index (κ1) is 25.4. The largest absolute Gasteiger partial charge is 0.392 e. The van der Waals surface area contributed by atoms with Crippen molar-refractivity contribution in [3.63, 3.8) is 0 Å². The van der Waals surface area contributed by atoms with E-state index in [4.69, 9.17) is 10.2 Å². The van der Waals surface area contributed by atoms with Gasteiger partial charge in [-0.15, -0.1) is 11.3 Å². The van der Waals surface area contributed by atoms with Crippen LogP contribution in [0, 0.1) is 11.7 Å². The minimum Gasteiger partial charge on any atom is -0.392 e. The standard InChI is InChI=1S/C26H25FN4O4S2/c1-15(33)23-14-36-26(29-23)31-24(11-17-2-3-17)21(10-16-4-7-20(8-5-16)37(28,34)35)25(30-31)18-6-9-22(27)19(12-18)13-32/h4-9,12,14,17,32H,2-3,10-11,13H2,1H3,(H2,28,34,35). The number of hydrogen-bond donors (Lipinski definition) is 2. The van der Waals surface area contributed by atoms with Gasteiger partial charge >= 0.3 is 0 Å². The number of carbonyl (C=O) groups excluding carboxylic acids is 1. The number of nitrogens with zero attached hydrogens (tertiary/aromatic N) is 3. The van der Waals surface area contributed by atoms with Crippen molar-refractivity contribution >= 4 is 27.1 Å². The highest BCUT2D eigenvalue weighted by Crippen LogP contribution is 2.38. The quantitative estimate of drug-likeness (QED) is 0.309. The maximum absolute atomic E-state index is 14.2. The Kier molecular flexibility index (Phi) is 6.80. The molecule has 0 bridgehead atoms. The Hall–Kier alpha value is -3.25. The number of hydrogen-bond acceptors (Lipinski definition) is 7. The first-order valence-corrected chi connectivity index (χ1v) is 14.2. The third kappa shape index (κ3) is 5.40. The average molecular weight is 541 g/mol. The highest BCUT2D eigenvalue weighted by atomic mass is 32.2. The predicted molar refractivity (Wildman–Crippen MR) is 138 cm³/mol. The van der Waals surface area contributed by atoms with Crippen LogP contribution in [-0.4, -0.2) is 34.1 Å². The van der Waals surface area contributed by atoms with Crippen molar-refractivity contribution < 1.29 is 22.7 Å². The normalized spacial score (nSPS) is 13.7. The van der Waals surface area contributed by atoms with Gasteiger partial charge in [-0.3, -0.25) is 4.79 Å². The molecule has 8 nitrogen and oxygen atoms in total. The number of ketones is 1. The molecule has 0 spiro atoms. The fourth-order valence-corrected chi connectivity index (χ4v) is 5.59. The lowest BCUT2D eigenvalue weighted by atomic mass is 9.96. The predicted octanol–water partition coefficient (Wildman–Crippen LogP) is 4.02. The number of benzene rings is 2. The Morgan fingerprint density at radius 3 is 2.54 bits per heavy atom. The van der Waals surface area contributed by atoms with Gasteiger partial charge in [-0.2, -0.15) is 5.10 Å². The third-order valence-corrected chi connectivity index (χ3v) is 8.17. The zero-order valence-corrected chi connectivity index (χ0v) is 21.7. The number of primary sulfonamides is 1. The molecule has 0 atom stereocenters. The molecule has 4 aromatic rings. The van der Waals surface area contributed by atoms with Gasteiger partial charge in [0.25, 0.3) is 0 Å². The highest BCUT2D eigenvalue weighted by molar-refractivity contribution is 7.89. The molecule has 1 fully saturated rings. The lowest BCUT2D eigenvalue weighted by Crippen LogP contribution is -2.12. The molecule has 2 aromatic carbocycles. The number of halogens is 1. The number of sulfonamides is 1. The summed E-state index contributed by atoms with van der Waals surface area (Å²) in [6.07, 6.45) is 3.38. The molecule has 0 amide bonds. The van der Waals surface area contributed by atoms with Crippen molar-refractivity contribution in [3.05, 3.63) is 81.7 Å². The summed E-state index contributed by atoms with van der Waals surface area (Å²) in [5.41, 5.74) is 4.45. The van der Waals surface area contributed by atoms with E-state index in [-0.39, 0.29) is 16.2 Å². The lowest BCUT2D eigenvalue weighted by Gasteiger charge is -2.10. The van der Waals surface area contributed by atoms with Crippen LogP contribution in [0.1, 0.15) is 52.6 Å². The molecule has 0 unspecified atom stereocenters. The number of rotatable bonds is 9. The third-order valence-electron chi connectivity index (χ3n) is 6.43. The summed E-state index contributed by atoms with van der Waals surface area (Å²) in [7, 11) is -3.82. The number of aliphatic hydroxyl groups excluding tert-OH is 1. The van der Waals surface area contributed by atoms with Crippen molar-refractivity contribution in [3.8, 4) is 16.4 Å². The fourth-order valence-electron chi connectivity index (χ4n) is 4.23. The van der Waals surface area contributed by atoms with Gasteiger partial charge in [-0.25, -0.2) is 27.6 Å². The van der Waals surface area contributed by atoms with E-state index >= 15 is 0 Å². The molecule has 3 N–H and O–H groups in total. The average Bonchev–Trinajstić information content (AvgIpc) is 3.42. The number of nitrogens with two attached hydrogens (primary N) is 1. The van der Waals surface area contributed by atoms with Crippen molar-refractivity contribution in [1.29, 1.82) is 0 Å². The maximum Gasteiger partial charge on any atom is 0.238 e. The number of Topliss-reactive ketones (excluding diaryl/α,β-unsaturated/α-hetero) is 1. The summed E-state index contributed by atoms with van der Waals surface area (Å²) in [6, 6.07) is 10.9. The summed E-state index contributed by atoms with van der Waals surface area (Å²) in [5.74, 6) is -0.143. The van der Waals surface area contributed by atoms with Gasteiger partial charge in [0.1, 0.15) is 11.5 Å². The Labute approximate surface area is 217 Å². The topological polar surface area (TPSA) is 128 Å². The molecule has 2 aromatic heterocycles. The van der Waals surface area contributed by atoms with Crippen LogP contribution in [0.25, 0.3) is 16.4 Å². The van der Waals surface area contributed by atoms with Crippen LogP contribution < -0.4 is 5.14 Å². The molecule has 0 aliphatic heterocycles. The van der Waals surface area contributed by atoms with E-state index in [0.29, 0.717) is 34.4 Å². The minimum absolute atomic E-state index is 0.0241. The second-order valence-electron chi connectivity index (χ2n) is 9.23. The van der Waals surface area contributed by atoms with Crippen LogP contribution in [0.15, 0.2) is 52.7 Å². The van der Waals surface area contributed by atoms with Gasteiger partial charge in [0.15, 0.2) is 5.78 Å². The molecular weight excluding hydrogens is 515 g/mol. The maximum atomic E-state index is 14.2. The van der Waals surface area contributed by atoms with Crippen molar-refractivity contribution in [1.82, 2.24) is 14.8 Å². The van der Waals surface area contributed by atoms with Gasteiger partial charge in [0, 0.05) is 35.4 Å². The smallest absolute Gasteiger partial charge is 0.238 e. The van der Waals surface area contributed by atoms with E-state index in [2.05, 4.69) is 4.98 Å². The number of thiazole rings is 1. The van der Waals surface area contributed by atoms with Gasteiger partial charge in [0.05, 0.1) is 22.9 Å². The molecule has 1 aliphatic rings. The molecule has 11 heteroatoms. The highest BCUT2D eigenvalue weighted by Gasteiger charge is 2.29. The summed E-state index contributed by atoms with van der Waals surface area (Å²) < 4.78 is 39.4. The first-order chi connectivity index (χ1) is 17.6. The first-order valence-electron chi connectivity index (χ1n) is 11.7. The SMILES string of the molecule is CC(=O)c1csc(-n2nc(-c3ccc(F)c(CO)c3)c(Cc3ccc(S(N)(=O)=O)cc3)c2CC2CC2)n1. The summed E-state index contributed by atoms with van der Waals surface area (Å²) in [4.78, 5) is 16.4. The summed E-state index contributed by atoms with van der Waals surface area (Å²) in [6.45, 7) is 1.01. The summed E-state index contributed by atoms with van der Waals surface area (Å²) >= 11 is 1.32. The molecule has 1 saturated carbocycles. The number of carbonyl (C=O) groups is 1. The van der Waals surface area contributed by atoms with Crippen molar-refractivity contribution in [2.75, 3.05) is 0 Å². The van der Waals surface area contributed by atoms with Crippen LogP contribution in [0.4, 0.5) is 4.39 Å². The molecule has 0 saturated heterocycles. The second kappa shape index (κ2) is 9.90. The van der Waals surface area contributed by atoms with Crippen molar-refractivity contribution in [2.24, 2.45) is 11.1 Å². The molecule has 2 heterocycles. The van der Waals surface area contributed by atoms with Gasteiger partial charge in [0.2, 0.25) is 15.2 Å². The zero-order valence-electron chi connectivity index (χ0n) is 20.0. The van der Waals surface area contributed by atoms with E-state index < -0.39 is 22.4 Å². The number of aliphatic hydroxyl groups is 1. The summed E-state index contributed by atoms with van der Waals surface area (Å²) in [5, 5.41) is 22.0. The Morgan fingerprint density at radius 1 is 1.22 bits per heavy atom. The number of aromatic nitrogens is 3. The molecule has 192 valence electrons.